The molecule has 3 N–H and O–H groups in total. The Hall–Kier alpha value is -2.34. The van der Waals surface area contributed by atoms with E-state index in [2.05, 4.69) is 10.6 Å². The molecule has 3 aromatic carbocycles. The third-order valence-corrected chi connectivity index (χ3v) is 6.36. The average molecular weight is 461 g/mol. The molecule has 1 amide bonds. The van der Waals surface area contributed by atoms with Crippen LogP contribution < -0.4 is 10.6 Å². The summed E-state index contributed by atoms with van der Waals surface area (Å²) in [7, 11) is 0. The van der Waals surface area contributed by atoms with Gasteiger partial charge in [0.25, 0.3) is 0 Å². The summed E-state index contributed by atoms with van der Waals surface area (Å²) in [5, 5.41) is 17.2. The molecule has 0 saturated heterocycles. The fraction of sp³-hybridized carbons (Fsp3) is 0.174. The maximum Gasteiger partial charge on any atom is 0.221 e. The van der Waals surface area contributed by atoms with Crippen LogP contribution in [0.3, 0.4) is 0 Å². The number of anilines is 2. The first-order chi connectivity index (χ1) is 14.4. The summed E-state index contributed by atoms with van der Waals surface area (Å²) in [6, 6.07) is 17.4. The Balaban J connectivity index is 1.76. The third kappa shape index (κ3) is 5.42. The predicted octanol–water partition coefficient (Wildman–Crippen LogP) is 6.98. The fourth-order valence-electron chi connectivity index (χ4n) is 2.98. The van der Waals surface area contributed by atoms with Crippen LogP contribution in [0, 0.1) is 0 Å². The van der Waals surface area contributed by atoms with E-state index >= 15 is 0 Å². The van der Waals surface area contributed by atoms with Crippen LogP contribution in [0.25, 0.3) is 0 Å². The first kappa shape index (κ1) is 22.3. The van der Waals surface area contributed by atoms with E-state index in [4.69, 9.17) is 23.2 Å². The van der Waals surface area contributed by atoms with E-state index in [0.717, 1.165) is 26.6 Å². The lowest BCUT2D eigenvalue weighted by atomic mass is 10.1. The SMILES string of the molecule is CCc1c(Cl)cc(NCc2ccccc2Sc2ccc(NC(C)=O)cc2)c(O)c1Cl. The Labute approximate surface area is 190 Å². The Morgan fingerprint density at radius 1 is 1.10 bits per heavy atom. The molecule has 3 rings (SSSR count). The van der Waals surface area contributed by atoms with E-state index in [1.54, 1.807) is 17.8 Å². The lowest BCUT2D eigenvalue weighted by Gasteiger charge is -2.15. The molecule has 0 aliphatic heterocycles. The molecule has 0 spiro atoms. The van der Waals surface area contributed by atoms with Crippen molar-refractivity contribution in [2.45, 2.75) is 36.6 Å². The number of phenolic OH excluding ortho intramolecular Hbond substituents is 1. The van der Waals surface area contributed by atoms with Crippen LogP contribution in [0.1, 0.15) is 25.0 Å². The topological polar surface area (TPSA) is 61.4 Å². The number of phenols is 1. The molecule has 3 aromatic rings. The first-order valence-corrected chi connectivity index (χ1v) is 11.0. The molecule has 0 atom stereocenters. The number of carbonyl (C=O) groups is 1. The molecule has 7 heteroatoms. The Morgan fingerprint density at radius 3 is 2.47 bits per heavy atom. The normalized spacial score (nSPS) is 10.7. The van der Waals surface area contributed by atoms with E-state index in [9.17, 15) is 9.90 Å². The minimum Gasteiger partial charge on any atom is -0.504 e. The molecular formula is C23H22Cl2N2O2S. The van der Waals surface area contributed by atoms with Gasteiger partial charge in [-0.15, -0.1) is 0 Å². The van der Waals surface area contributed by atoms with Gasteiger partial charge in [-0.05, 0) is 53.9 Å². The molecule has 0 aliphatic rings. The van der Waals surface area contributed by atoms with Gasteiger partial charge in [0.05, 0.1) is 10.7 Å². The Morgan fingerprint density at radius 2 is 1.80 bits per heavy atom. The van der Waals surface area contributed by atoms with Crippen molar-refractivity contribution in [3.05, 3.63) is 75.8 Å². The highest BCUT2D eigenvalue weighted by atomic mass is 35.5. The van der Waals surface area contributed by atoms with Crippen LogP contribution in [0.4, 0.5) is 11.4 Å². The zero-order valence-electron chi connectivity index (χ0n) is 16.6. The molecule has 0 aromatic heterocycles. The van der Waals surface area contributed by atoms with Crippen molar-refractivity contribution in [2.24, 2.45) is 0 Å². The van der Waals surface area contributed by atoms with Gasteiger partial charge < -0.3 is 15.7 Å². The highest BCUT2D eigenvalue weighted by molar-refractivity contribution is 7.99. The van der Waals surface area contributed by atoms with Crippen molar-refractivity contribution in [1.82, 2.24) is 0 Å². The molecule has 0 fully saturated rings. The van der Waals surface area contributed by atoms with Crippen LogP contribution in [0.15, 0.2) is 64.4 Å². The zero-order valence-corrected chi connectivity index (χ0v) is 19.0. The number of amides is 1. The van der Waals surface area contributed by atoms with Crippen LogP contribution in [-0.4, -0.2) is 11.0 Å². The molecule has 30 heavy (non-hydrogen) atoms. The second-order valence-electron chi connectivity index (χ2n) is 6.67. The number of halogens is 2. The lowest BCUT2D eigenvalue weighted by Crippen LogP contribution is -2.05. The quantitative estimate of drug-likeness (QED) is 0.332. The van der Waals surface area contributed by atoms with Crippen LogP contribution in [0.5, 0.6) is 5.75 Å². The number of aromatic hydroxyl groups is 1. The van der Waals surface area contributed by atoms with Gasteiger partial charge in [0.1, 0.15) is 0 Å². The highest BCUT2D eigenvalue weighted by Gasteiger charge is 2.14. The summed E-state index contributed by atoms with van der Waals surface area (Å²) >= 11 is 14.2. The molecule has 0 radical (unpaired) electrons. The summed E-state index contributed by atoms with van der Waals surface area (Å²) in [6.45, 7) is 3.93. The van der Waals surface area contributed by atoms with E-state index in [0.29, 0.717) is 23.7 Å². The van der Waals surface area contributed by atoms with Gasteiger partial charge in [0, 0.05) is 34.0 Å². The van der Waals surface area contributed by atoms with Crippen molar-refractivity contribution in [1.29, 1.82) is 0 Å². The minimum absolute atomic E-state index is 0.0108. The fourth-order valence-corrected chi connectivity index (χ4v) is 4.65. The van der Waals surface area contributed by atoms with Crippen LogP contribution >= 0.6 is 35.0 Å². The van der Waals surface area contributed by atoms with Crippen molar-refractivity contribution in [3.63, 3.8) is 0 Å². The molecular weight excluding hydrogens is 439 g/mol. The van der Waals surface area contributed by atoms with Gasteiger partial charge in [-0.2, -0.15) is 0 Å². The van der Waals surface area contributed by atoms with Gasteiger partial charge in [-0.3, -0.25) is 4.79 Å². The van der Waals surface area contributed by atoms with E-state index in [1.807, 2.05) is 55.5 Å². The standard InChI is InChI=1S/C23H22Cl2N2O2S/c1-3-18-19(24)12-20(23(29)22(18)25)26-13-15-6-4-5-7-21(15)30-17-10-8-16(9-11-17)27-14(2)28/h4-12,26,29H,3,13H2,1-2H3,(H,27,28). The molecule has 0 unspecified atom stereocenters. The number of hydrogen-bond donors (Lipinski definition) is 3. The van der Waals surface area contributed by atoms with E-state index < -0.39 is 0 Å². The Bertz CT molecular complexity index is 1060. The summed E-state index contributed by atoms with van der Waals surface area (Å²) in [4.78, 5) is 13.3. The largest absolute Gasteiger partial charge is 0.504 e. The first-order valence-electron chi connectivity index (χ1n) is 9.46. The number of rotatable bonds is 7. The van der Waals surface area contributed by atoms with Gasteiger partial charge in [-0.25, -0.2) is 0 Å². The predicted molar refractivity (Wildman–Crippen MR) is 126 cm³/mol. The maximum absolute atomic E-state index is 11.2. The van der Waals surface area contributed by atoms with Gasteiger partial charge in [0.2, 0.25) is 5.91 Å². The minimum atomic E-state index is -0.0951. The van der Waals surface area contributed by atoms with Crippen molar-refractivity contribution >= 4 is 52.2 Å². The molecule has 0 heterocycles. The van der Waals surface area contributed by atoms with E-state index in [1.165, 1.54) is 6.92 Å². The molecule has 4 nitrogen and oxygen atoms in total. The van der Waals surface area contributed by atoms with Crippen LogP contribution in [0.2, 0.25) is 10.0 Å². The summed E-state index contributed by atoms with van der Waals surface area (Å²) < 4.78 is 0. The number of nitrogens with one attached hydrogen (secondary N) is 2. The van der Waals surface area contributed by atoms with Gasteiger partial charge >= 0.3 is 0 Å². The maximum atomic E-state index is 11.2. The number of hydrogen-bond acceptors (Lipinski definition) is 4. The lowest BCUT2D eigenvalue weighted by molar-refractivity contribution is -0.114. The molecule has 0 aliphatic carbocycles. The summed E-state index contributed by atoms with van der Waals surface area (Å²) in [6.07, 6.45) is 0.645. The van der Waals surface area contributed by atoms with Gasteiger partial charge in [0.15, 0.2) is 5.75 Å². The second kappa shape index (κ2) is 10.1. The smallest absolute Gasteiger partial charge is 0.221 e. The van der Waals surface area contributed by atoms with E-state index in [-0.39, 0.29) is 16.7 Å². The highest BCUT2D eigenvalue weighted by Crippen LogP contribution is 2.40. The summed E-state index contributed by atoms with van der Waals surface area (Å²) in [5.74, 6) is -0.0844. The van der Waals surface area contributed by atoms with Gasteiger partial charge in [-0.1, -0.05) is 60.1 Å². The van der Waals surface area contributed by atoms with Crippen molar-refractivity contribution < 1.29 is 9.90 Å². The Kier molecular flexibility index (Phi) is 7.53. The van der Waals surface area contributed by atoms with Crippen molar-refractivity contribution in [2.75, 3.05) is 10.6 Å². The number of carbonyl (C=O) groups excluding carboxylic acids is 1. The zero-order chi connectivity index (χ0) is 21.7. The second-order valence-corrected chi connectivity index (χ2v) is 8.57. The molecule has 0 saturated carbocycles. The number of benzene rings is 3. The monoisotopic (exact) mass is 460 g/mol. The summed E-state index contributed by atoms with van der Waals surface area (Å²) in [5.41, 5.74) is 3.07. The average Bonchev–Trinajstić information content (AvgIpc) is 2.72. The molecule has 156 valence electrons. The van der Waals surface area contributed by atoms with Crippen molar-refractivity contribution in [3.8, 4) is 5.75 Å². The van der Waals surface area contributed by atoms with Crippen LogP contribution in [-0.2, 0) is 17.8 Å². The molecule has 0 bridgehead atoms. The third-order valence-electron chi connectivity index (χ3n) is 4.49.